The van der Waals surface area contributed by atoms with E-state index in [1.54, 1.807) is 12.1 Å². The van der Waals surface area contributed by atoms with Crippen molar-refractivity contribution >= 4 is 23.5 Å². The van der Waals surface area contributed by atoms with E-state index in [4.69, 9.17) is 11.6 Å². The zero-order valence-corrected chi connectivity index (χ0v) is 14.4. The molecule has 4 atom stereocenters. The van der Waals surface area contributed by atoms with E-state index in [9.17, 15) is 14.7 Å². The lowest BCUT2D eigenvalue weighted by molar-refractivity contribution is -0.142. The van der Waals surface area contributed by atoms with Gasteiger partial charge in [0, 0.05) is 18.1 Å². The molecule has 1 aromatic carbocycles. The number of halogens is 1. The topological polar surface area (TPSA) is 69.6 Å². The minimum atomic E-state index is -0.790. The number of likely N-dealkylation sites (tertiary alicyclic amines) is 1. The molecule has 1 aliphatic rings. The Balaban J connectivity index is 1.95. The van der Waals surface area contributed by atoms with E-state index < -0.39 is 11.9 Å². The molecule has 0 spiro atoms. The van der Waals surface area contributed by atoms with Crippen LogP contribution in [0.3, 0.4) is 0 Å². The molecule has 0 saturated carbocycles. The average Bonchev–Trinajstić information content (AvgIpc) is 2.89. The number of amides is 1. The number of carboxylic acid groups (broad SMARTS) is 1. The number of nitrogens with one attached hydrogen (secondary N) is 1. The summed E-state index contributed by atoms with van der Waals surface area (Å²) in [5.74, 6) is -1.23. The molecule has 0 aromatic heterocycles. The lowest BCUT2D eigenvalue weighted by Crippen LogP contribution is -2.45. The lowest BCUT2D eigenvalue weighted by Gasteiger charge is -2.25. The Morgan fingerprint density at radius 2 is 1.87 bits per heavy atom. The molecule has 6 heteroatoms. The van der Waals surface area contributed by atoms with Gasteiger partial charge in [-0.25, -0.2) is 0 Å². The van der Waals surface area contributed by atoms with Crippen LogP contribution >= 0.6 is 11.6 Å². The third-order valence-electron chi connectivity index (χ3n) is 4.61. The molecule has 2 unspecified atom stereocenters. The first kappa shape index (κ1) is 17.8. The molecule has 1 aliphatic heterocycles. The fraction of sp³-hybridized carbons (Fsp3) is 0.529. The Morgan fingerprint density at radius 3 is 2.39 bits per heavy atom. The number of carboxylic acids is 1. The standard InChI is InChI=1S/C17H23ClN2O3/c1-10-8-20(9-15(10)17(22)23)12(3)16(21)19-11(2)13-4-6-14(18)7-5-13/h4-7,10-12,15H,8-9H2,1-3H3,(H,19,21)(H,22,23)/t10-,11?,12?,15-/m1/s1. The van der Waals surface area contributed by atoms with E-state index in [2.05, 4.69) is 5.32 Å². The molecule has 0 bridgehead atoms. The van der Waals surface area contributed by atoms with Crippen molar-refractivity contribution in [3.8, 4) is 0 Å². The van der Waals surface area contributed by atoms with Gasteiger partial charge in [0.15, 0.2) is 0 Å². The SMILES string of the molecule is CC(NC(=O)C(C)N1C[C@@H](C)[C@H](C(=O)O)C1)c1ccc(Cl)cc1. The maximum absolute atomic E-state index is 12.4. The molecular weight excluding hydrogens is 316 g/mol. The Kier molecular flexibility index (Phi) is 5.65. The highest BCUT2D eigenvalue weighted by atomic mass is 35.5. The fourth-order valence-electron chi connectivity index (χ4n) is 2.98. The molecule has 0 aliphatic carbocycles. The van der Waals surface area contributed by atoms with Gasteiger partial charge < -0.3 is 10.4 Å². The van der Waals surface area contributed by atoms with Gasteiger partial charge >= 0.3 is 5.97 Å². The largest absolute Gasteiger partial charge is 0.481 e. The zero-order chi connectivity index (χ0) is 17.1. The minimum absolute atomic E-state index is 0.0523. The van der Waals surface area contributed by atoms with Gasteiger partial charge in [-0.1, -0.05) is 30.7 Å². The highest BCUT2D eigenvalue weighted by molar-refractivity contribution is 6.30. The maximum atomic E-state index is 12.4. The molecule has 1 heterocycles. The monoisotopic (exact) mass is 338 g/mol. The van der Waals surface area contributed by atoms with Crippen LogP contribution in [-0.4, -0.2) is 41.0 Å². The molecule has 2 N–H and O–H groups in total. The van der Waals surface area contributed by atoms with Crippen molar-refractivity contribution in [2.75, 3.05) is 13.1 Å². The van der Waals surface area contributed by atoms with Crippen LogP contribution < -0.4 is 5.32 Å². The highest BCUT2D eigenvalue weighted by Gasteiger charge is 2.38. The predicted octanol–water partition coefficient (Wildman–Crippen LogP) is 2.56. The first-order valence-corrected chi connectivity index (χ1v) is 8.20. The maximum Gasteiger partial charge on any atom is 0.308 e. The fourth-order valence-corrected chi connectivity index (χ4v) is 3.10. The summed E-state index contributed by atoms with van der Waals surface area (Å²) < 4.78 is 0. The van der Waals surface area contributed by atoms with Crippen LogP contribution in [0, 0.1) is 11.8 Å². The molecule has 1 amide bonds. The van der Waals surface area contributed by atoms with Gasteiger partial charge in [0.2, 0.25) is 5.91 Å². The number of carbonyl (C=O) groups excluding carboxylic acids is 1. The first-order valence-electron chi connectivity index (χ1n) is 7.82. The van der Waals surface area contributed by atoms with E-state index in [1.807, 2.05) is 37.8 Å². The van der Waals surface area contributed by atoms with Crippen LogP contribution in [0.4, 0.5) is 0 Å². The smallest absolute Gasteiger partial charge is 0.308 e. The third kappa shape index (κ3) is 4.24. The Morgan fingerprint density at radius 1 is 1.26 bits per heavy atom. The minimum Gasteiger partial charge on any atom is -0.481 e. The van der Waals surface area contributed by atoms with Crippen molar-refractivity contribution in [3.05, 3.63) is 34.9 Å². The lowest BCUT2D eigenvalue weighted by atomic mass is 9.99. The van der Waals surface area contributed by atoms with Crippen molar-refractivity contribution in [2.24, 2.45) is 11.8 Å². The van der Waals surface area contributed by atoms with Gasteiger partial charge in [0.1, 0.15) is 0 Å². The quantitative estimate of drug-likeness (QED) is 0.865. The highest BCUT2D eigenvalue weighted by Crippen LogP contribution is 2.25. The molecule has 5 nitrogen and oxygen atoms in total. The summed E-state index contributed by atoms with van der Waals surface area (Å²) in [5.41, 5.74) is 0.980. The van der Waals surface area contributed by atoms with E-state index in [1.165, 1.54) is 0 Å². The van der Waals surface area contributed by atoms with Crippen LogP contribution in [0.5, 0.6) is 0 Å². The van der Waals surface area contributed by atoms with Gasteiger partial charge in [-0.05, 0) is 37.5 Å². The molecule has 1 saturated heterocycles. The van der Waals surface area contributed by atoms with Crippen molar-refractivity contribution in [3.63, 3.8) is 0 Å². The number of nitrogens with zero attached hydrogens (tertiary/aromatic N) is 1. The second-order valence-corrected chi connectivity index (χ2v) is 6.77. The molecule has 23 heavy (non-hydrogen) atoms. The van der Waals surface area contributed by atoms with Gasteiger partial charge in [-0.15, -0.1) is 0 Å². The van der Waals surface area contributed by atoms with Crippen LogP contribution in [0.2, 0.25) is 5.02 Å². The van der Waals surface area contributed by atoms with Gasteiger partial charge in [0.05, 0.1) is 18.0 Å². The number of carbonyl (C=O) groups is 2. The summed E-state index contributed by atoms with van der Waals surface area (Å²) in [7, 11) is 0. The van der Waals surface area contributed by atoms with Crippen molar-refractivity contribution < 1.29 is 14.7 Å². The number of rotatable bonds is 5. The number of hydrogen-bond acceptors (Lipinski definition) is 3. The van der Waals surface area contributed by atoms with Crippen LogP contribution in [0.15, 0.2) is 24.3 Å². The number of benzene rings is 1. The van der Waals surface area contributed by atoms with Gasteiger partial charge in [-0.2, -0.15) is 0 Å². The summed E-state index contributed by atoms with van der Waals surface area (Å²) in [6.45, 7) is 6.70. The molecular formula is C17H23ClN2O3. The normalized spacial score (nSPS) is 24.2. The van der Waals surface area contributed by atoms with E-state index in [0.29, 0.717) is 18.1 Å². The summed E-state index contributed by atoms with van der Waals surface area (Å²) in [6, 6.07) is 6.88. The summed E-state index contributed by atoms with van der Waals surface area (Å²) in [4.78, 5) is 25.6. The molecule has 2 rings (SSSR count). The van der Waals surface area contributed by atoms with Crippen LogP contribution in [0.1, 0.15) is 32.4 Å². The predicted molar refractivity (Wildman–Crippen MR) is 89.3 cm³/mol. The Bertz CT molecular complexity index is 576. The van der Waals surface area contributed by atoms with E-state index >= 15 is 0 Å². The molecule has 126 valence electrons. The molecule has 1 aromatic rings. The van der Waals surface area contributed by atoms with E-state index in [-0.39, 0.29) is 23.9 Å². The van der Waals surface area contributed by atoms with Gasteiger partial charge in [-0.3, -0.25) is 14.5 Å². The van der Waals surface area contributed by atoms with Crippen molar-refractivity contribution in [1.82, 2.24) is 10.2 Å². The van der Waals surface area contributed by atoms with Crippen LogP contribution in [-0.2, 0) is 9.59 Å². The second-order valence-electron chi connectivity index (χ2n) is 6.33. The summed E-state index contributed by atoms with van der Waals surface area (Å²) in [5, 5.41) is 12.8. The Labute approximate surface area is 141 Å². The van der Waals surface area contributed by atoms with Crippen molar-refractivity contribution in [2.45, 2.75) is 32.9 Å². The summed E-state index contributed by atoms with van der Waals surface area (Å²) in [6.07, 6.45) is 0. The molecule has 0 radical (unpaired) electrons. The zero-order valence-electron chi connectivity index (χ0n) is 13.6. The van der Waals surface area contributed by atoms with Gasteiger partial charge in [0.25, 0.3) is 0 Å². The van der Waals surface area contributed by atoms with E-state index in [0.717, 1.165) is 5.56 Å². The summed E-state index contributed by atoms with van der Waals surface area (Å²) >= 11 is 5.87. The average molecular weight is 339 g/mol. The van der Waals surface area contributed by atoms with Crippen molar-refractivity contribution in [1.29, 1.82) is 0 Å². The second kappa shape index (κ2) is 7.32. The first-order chi connectivity index (χ1) is 10.8. The number of aliphatic carboxylic acids is 1. The number of hydrogen-bond donors (Lipinski definition) is 2. The van der Waals surface area contributed by atoms with Crippen LogP contribution in [0.25, 0.3) is 0 Å². The molecule has 1 fully saturated rings. The Hall–Kier alpha value is -1.59. The third-order valence-corrected chi connectivity index (χ3v) is 4.87.